The van der Waals surface area contributed by atoms with E-state index in [1.807, 2.05) is 6.08 Å². The number of allylic oxidation sites excluding steroid dienone is 1. The highest BCUT2D eigenvalue weighted by Gasteiger charge is 2.12. The first-order valence-corrected chi connectivity index (χ1v) is 8.47. The van der Waals surface area contributed by atoms with E-state index < -0.39 is 5.82 Å². The highest BCUT2D eigenvalue weighted by molar-refractivity contribution is 9.10. The Labute approximate surface area is 145 Å². The molecule has 0 N–H and O–H groups in total. The summed E-state index contributed by atoms with van der Waals surface area (Å²) in [6.45, 7) is 0.280. The first-order valence-electron chi connectivity index (χ1n) is 6.55. The van der Waals surface area contributed by atoms with Crippen LogP contribution in [-0.4, -0.2) is 17.7 Å². The minimum Gasteiger partial charge on any atom is -0.486 e. The van der Waals surface area contributed by atoms with E-state index in [2.05, 4.69) is 31.9 Å². The fourth-order valence-electron chi connectivity index (χ4n) is 1.80. The van der Waals surface area contributed by atoms with E-state index in [9.17, 15) is 9.18 Å². The third kappa shape index (κ3) is 4.52. The lowest BCUT2D eigenvalue weighted by Crippen LogP contribution is -2.03. The normalized spacial score (nSPS) is 10.9. The number of ether oxygens (including phenoxy) is 1. The van der Waals surface area contributed by atoms with Gasteiger partial charge in [-0.05, 0) is 42.5 Å². The Kier molecular flexibility index (Phi) is 6.34. The number of halogens is 3. The van der Waals surface area contributed by atoms with Gasteiger partial charge >= 0.3 is 0 Å². The van der Waals surface area contributed by atoms with Crippen LogP contribution in [0.2, 0.25) is 0 Å². The molecule has 0 saturated heterocycles. The Morgan fingerprint density at radius 3 is 2.41 bits per heavy atom. The molecular formula is C17H13Br2FO2. The van der Waals surface area contributed by atoms with Crippen LogP contribution in [0.5, 0.6) is 5.75 Å². The molecule has 0 aromatic heterocycles. The number of hydrogen-bond donors (Lipinski definition) is 0. The molecule has 22 heavy (non-hydrogen) atoms. The van der Waals surface area contributed by atoms with Crippen molar-refractivity contribution in [1.29, 1.82) is 0 Å². The van der Waals surface area contributed by atoms with Crippen LogP contribution in [0.1, 0.15) is 15.9 Å². The Bertz CT molecular complexity index is 682. The molecule has 0 amide bonds. The SMILES string of the molecule is O=C(c1ccc(Br)cc1)c1ccc(OCC=CCBr)c(F)c1. The summed E-state index contributed by atoms with van der Waals surface area (Å²) in [5.74, 6) is -0.640. The van der Waals surface area contributed by atoms with Gasteiger partial charge in [0.25, 0.3) is 0 Å². The van der Waals surface area contributed by atoms with Crippen LogP contribution in [-0.2, 0) is 0 Å². The zero-order valence-corrected chi connectivity index (χ0v) is 14.7. The maximum atomic E-state index is 14.0. The van der Waals surface area contributed by atoms with Gasteiger partial charge in [0.15, 0.2) is 17.3 Å². The largest absolute Gasteiger partial charge is 0.486 e. The van der Waals surface area contributed by atoms with Gasteiger partial charge in [-0.3, -0.25) is 4.79 Å². The van der Waals surface area contributed by atoms with E-state index in [-0.39, 0.29) is 18.1 Å². The lowest BCUT2D eigenvalue weighted by molar-refractivity contribution is 0.103. The summed E-state index contributed by atoms with van der Waals surface area (Å²) >= 11 is 6.56. The van der Waals surface area contributed by atoms with Crippen LogP contribution in [0.4, 0.5) is 4.39 Å². The zero-order chi connectivity index (χ0) is 15.9. The van der Waals surface area contributed by atoms with Crippen molar-refractivity contribution in [1.82, 2.24) is 0 Å². The average molecular weight is 428 g/mol. The van der Waals surface area contributed by atoms with Crippen molar-refractivity contribution in [2.45, 2.75) is 0 Å². The van der Waals surface area contributed by atoms with Crippen LogP contribution in [0, 0.1) is 5.82 Å². The van der Waals surface area contributed by atoms with E-state index in [0.717, 1.165) is 9.80 Å². The molecule has 0 unspecified atom stereocenters. The molecule has 2 aromatic carbocycles. The number of ketones is 1. The van der Waals surface area contributed by atoms with Crippen LogP contribution in [0.15, 0.2) is 59.1 Å². The molecule has 0 fully saturated rings. The molecule has 0 aliphatic heterocycles. The molecule has 0 spiro atoms. The van der Waals surface area contributed by atoms with Crippen molar-refractivity contribution in [2.75, 3.05) is 11.9 Å². The number of carbonyl (C=O) groups excluding carboxylic acids is 1. The topological polar surface area (TPSA) is 26.3 Å². The van der Waals surface area contributed by atoms with Crippen LogP contribution in [0.3, 0.4) is 0 Å². The van der Waals surface area contributed by atoms with Crippen molar-refractivity contribution in [3.8, 4) is 5.75 Å². The van der Waals surface area contributed by atoms with Gasteiger partial charge < -0.3 is 4.74 Å². The molecule has 0 aliphatic rings. The van der Waals surface area contributed by atoms with Crippen LogP contribution < -0.4 is 4.74 Å². The van der Waals surface area contributed by atoms with Crippen molar-refractivity contribution in [2.24, 2.45) is 0 Å². The van der Waals surface area contributed by atoms with Crippen LogP contribution >= 0.6 is 31.9 Å². The molecule has 0 saturated carbocycles. The molecule has 5 heteroatoms. The maximum Gasteiger partial charge on any atom is 0.193 e. The molecule has 114 valence electrons. The summed E-state index contributed by atoms with van der Waals surface area (Å²) in [4.78, 5) is 12.3. The minimum absolute atomic E-state index is 0.131. The fraction of sp³-hybridized carbons (Fsp3) is 0.118. The van der Waals surface area contributed by atoms with E-state index in [0.29, 0.717) is 11.1 Å². The van der Waals surface area contributed by atoms with E-state index in [1.165, 1.54) is 12.1 Å². The number of rotatable bonds is 6. The quantitative estimate of drug-likeness (QED) is 0.362. The molecule has 0 bridgehead atoms. The standard InChI is InChI=1S/C17H13Br2FO2/c18-9-1-2-10-22-16-8-5-13(11-15(16)20)17(21)12-3-6-14(19)7-4-12/h1-8,11H,9-10H2. The van der Waals surface area contributed by atoms with Crippen molar-refractivity contribution < 1.29 is 13.9 Å². The maximum absolute atomic E-state index is 14.0. The van der Waals surface area contributed by atoms with Crippen molar-refractivity contribution in [3.05, 3.63) is 76.0 Å². The Balaban J connectivity index is 2.13. The average Bonchev–Trinajstić information content (AvgIpc) is 2.53. The van der Waals surface area contributed by atoms with Gasteiger partial charge in [-0.15, -0.1) is 0 Å². The summed E-state index contributed by atoms with van der Waals surface area (Å²) in [5, 5.41) is 0.722. The first-order chi connectivity index (χ1) is 10.6. The van der Waals surface area contributed by atoms with Gasteiger partial charge in [0, 0.05) is 20.9 Å². The van der Waals surface area contributed by atoms with Gasteiger partial charge in [0.2, 0.25) is 0 Å². The van der Waals surface area contributed by atoms with Crippen molar-refractivity contribution in [3.63, 3.8) is 0 Å². The van der Waals surface area contributed by atoms with E-state index in [1.54, 1.807) is 36.4 Å². The number of benzene rings is 2. The smallest absolute Gasteiger partial charge is 0.193 e. The van der Waals surface area contributed by atoms with Crippen molar-refractivity contribution >= 4 is 37.6 Å². The minimum atomic E-state index is -0.546. The second-order valence-electron chi connectivity index (χ2n) is 4.42. The highest BCUT2D eigenvalue weighted by Crippen LogP contribution is 2.21. The second-order valence-corrected chi connectivity index (χ2v) is 5.98. The lowest BCUT2D eigenvalue weighted by Gasteiger charge is -2.07. The Morgan fingerprint density at radius 1 is 1.09 bits per heavy atom. The third-order valence-electron chi connectivity index (χ3n) is 2.89. The summed E-state index contributed by atoms with van der Waals surface area (Å²) < 4.78 is 20.2. The molecular weight excluding hydrogens is 415 g/mol. The molecule has 0 atom stereocenters. The van der Waals surface area contributed by atoms with E-state index in [4.69, 9.17) is 4.74 Å². The highest BCUT2D eigenvalue weighted by atomic mass is 79.9. The summed E-state index contributed by atoms with van der Waals surface area (Å²) in [6.07, 6.45) is 3.65. The molecule has 2 aromatic rings. The number of carbonyl (C=O) groups is 1. The third-order valence-corrected chi connectivity index (χ3v) is 3.79. The van der Waals surface area contributed by atoms with Crippen LogP contribution in [0.25, 0.3) is 0 Å². The molecule has 0 aliphatic carbocycles. The number of hydrogen-bond acceptors (Lipinski definition) is 2. The zero-order valence-electron chi connectivity index (χ0n) is 11.6. The van der Waals surface area contributed by atoms with E-state index >= 15 is 0 Å². The van der Waals surface area contributed by atoms with Gasteiger partial charge in [0.05, 0.1) is 0 Å². The van der Waals surface area contributed by atoms with Gasteiger partial charge in [-0.25, -0.2) is 4.39 Å². The molecule has 0 radical (unpaired) electrons. The fourth-order valence-corrected chi connectivity index (χ4v) is 2.32. The van der Waals surface area contributed by atoms with Gasteiger partial charge in [-0.1, -0.05) is 44.0 Å². The number of alkyl halides is 1. The summed E-state index contributed by atoms with van der Waals surface area (Å²) in [7, 11) is 0. The Hall–Kier alpha value is -1.46. The molecule has 2 nitrogen and oxygen atoms in total. The Morgan fingerprint density at radius 2 is 1.77 bits per heavy atom. The predicted molar refractivity (Wildman–Crippen MR) is 92.4 cm³/mol. The molecule has 2 rings (SSSR count). The first kappa shape index (κ1) is 16.9. The predicted octanol–water partition coefficient (Wildman–Crippen LogP) is 5.15. The summed E-state index contributed by atoms with van der Waals surface area (Å²) in [6, 6.07) is 11.2. The monoisotopic (exact) mass is 426 g/mol. The summed E-state index contributed by atoms with van der Waals surface area (Å²) in [5.41, 5.74) is 0.805. The second kappa shape index (κ2) is 8.25. The molecule has 0 heterocycles. The lowest BCUT2D eigenvalue weighted by atomic mass is 10.0. The van der Waals surface area contributed by atoms with Gasteiger partial charge in [0.1, 0.15) is 6.61 Å². The van der Waals surface area contributed by atoms with Gasteiger partial charge in [-0.2, -0.15) is 0 Å².